The summed E-state index contributed by atoms with van der Waals surface area (Å²) in [6.07, 6.45) is -0.814. The van der Waals surface area contributed by atoms with Gasteiger partial charge in [0, 0.05) is 22.5 Å². The summed E-state index contributed by atoms with van der Waals surface area (Å²) in [5, 5.41) is 9.70. The van der Waals surface area contributed by atoms with Crippen LogP contribution in [0.15, 0.2) is 33.7 Å². The Labute approximate surface area is 142 Å². The number of nitrogens with zero attached hydrogens (tertiary/aromatic N) is 2. The van der Waals surface area contributed by atoms with Crippen LogP contribution < -0.4 is 0 Å². The molecule has 0 bridgehead atoms. The molecule has 1 aromatic carbocycles. The molecular formula is C16H14N2O3S2. The lowest BCUT2D eigenvalue weighted by molar-refractivity contribution is 0.0400. The molecule has 0 fully saturated rings. The van der Waals surface area contributed by atoms with Crippen molar-refractivity contribution in [1.82, 2.24) is 0 Å². The highest BCUT2D eigenvalue weighted by atomic mass is 32.2. The number of para-hydroxylation sites is 1. The topological polar surface area (TPSA) is 75.6 Å². The molecule has 1 atom stereocenters. The first-order valence-electron chi connectivity index (χ1n) is 7.10. The van der Waals surface area contributed by atoms with Crippen LogP contribution in [-0.2, 0) is 10.5 Å². The molecule has 1 aliphatic rings. The van der Waals surface area contributed by atoms with E-state index in [9.17, 15) is 4.79 Å². The molecule has 2 aromatic rings. The van der Waals surface area contributed by atoms with Gasteiger partial charge in [-0.05, 0) is 13.0 Å². The Balaban J connectivity index is 1.91. The Morgan fingerprint density at radius 2 is 2.39 bits per heavy atom. The van der Waals surface area contributed by atoms with Crippen LogP contribution in [0.2, 0.25) is 0 Å². The number of hydrogen-bond donors (Lipinski definition) is 0. The van der Waals surface area contributed by atoms with Gasteiger partial charge in [0.2, 0.25) is 5.76 Å². The number of hydrogen-bond acceptors (Lipinski definition) is 7. The minimum Gasteiger partial charge on any atom is -0.449 e. The summed E-state index contributed by atoms with van der Waals surface area (Å²) in [5.74, 6) is 1.15. The summed E-state index contributed by atoms with van der Waals surface area (Å²) in [6.45, 7) is 2.37. The third-order valence-electron chi connectivity index (χ3n) is 3.25. The Morgan fingerprint density at radius 3 is 3.13 bits per heavy atom. The number of esters is 1. The zero-order valence-electron chi connectivity index (χ0n) is 12.4. The van der Waals surface area contributed by atoms with E-state index in [0.29, 0.717) is 11.3 Å². The zero-order chi connectivity index (χ0) is 16.2. The fraction of sp³-hybridized carbons (Fsp3) is 0.312. The van der Waals surface area contributed by atoms with Crippen molar-refractivity contribution in [3.8, 4) is 6.07 Å². The van der Waals surface area contributed by atoms with E-state index in [4.69, 9.17) is 14.4 Å². The van der Waals surface area contributed by atoms with Crippen molar-refractivity contribution in [1.29, 1.82) is 5.26 Å². The van der Waals surface area contributed by atoms with Crippen molar-refractivity contribution >= 4 is 44.8 Å². The molecule has 0 saturated heterocycles. The van der Waals surface area contributed by atoms with Gasteiger partial charge in [0.1, 0.15) is 16.0 Å². The number of furan rings is 1. The van der Waals surface area contributed by atoms with E-state index in [-0.39, 0.29) is 5.76 Å². The largest absolute Gasteiger partial charge is 0.449 e. The fourth-order valence-electron chi connectivity index (χ4n) is 2.18. The molecule has 5 nitrogen and oxygen atoms in total. The standard InChI is InChI=1S/C16H14N2O3S2/c1-10(8-17)20-15(19)14-12(9-23-16-18-6-7-22-16)11-4-2-3-5-13(11)21-14/h2-5,10H,6-7,9H2,1H3/t10-/m0/s1. The van der Waals surface area contributed by atoms with Crippen LogP contribution in [0.5, 0.6) is 0 Å². The summed E-state index contributed by atoms with van der Waals surface area (Å²) in [4.78, 5) is 16.7. The second-order valence-corrected chi connectivity index (χ2v) is 7.17. The van der Waals surface area contributed by atoms with Gasteiger partial charge in [-0.25, -0.2) is 4.79 Å². The van der Waals surface area contributed by atoms with E-state index >= 15 is 0 Å². The second-order valence-electron chi connectivity index (χ2n) is 4.87. The molecule has 0 spiro atoms. The number of carbonyl (C=O) groups excluding carboxylic acids is 1. The Bertz CT molecular complexity index is 807. The van der Waals surface area contributed by atoms with Gasteiger partial charge in [0.15, 0.2) is 6.10 Å². The summed E-state index contributed by atoms with van der Waals surface area (Å²) >= 11 is 3.31. The highest BCUT2D eigenvalue weighted by molar-refractivity contribution is 8.38. The summed E-state index contributed by atoms with van der Waals surface area (Å²) in [6, 6.07) is 9.38. The van der Waals surface area contributed by atoms with Crippen LogP contribution >= 0.6 is 23.5 Å². The number of thioether (sulfide) groups is 2. The minimum atomic E-state index is -0.814. The average Bonchev–Trinajstić information content (AvgIpc) is 3.20. The lowest BCUT2D eigenvalue weighted by atomic mass is 10.1. The van der Waals surface area contributed by atoms with Crippen LogP contribution in [0.25, 0.3) is 11.0 Å². The number of aliphatic imine (C=N–C) groups is 1. The molecule has 0 radical (unpaired) electrons. The van der Waals surface area contributed by atoms with Crippen LogP contribution in [0.1, 0.15) is 23.0 Å². The van der Waals surface area contributed by atoms with E-state index in [1.165, 1.54) is 6.92 Å². The van der Waals surface area contributed by atoms with Crippen molar-refractivity contribution < 1.29 is 13.9 Å². The number of fused-ring (bicyclic) bond motifs is 1. The van der Waals surface area contributed by atoms with Crippen molar-refractivity contribution in [2.24, 2.45) is 4.99 Å². The fourth-order valence-corrected chi connectivity index (χ4v) is 4.22. The maximum Gasteiger partial charge on any atom is 0.375 e. The third kappa shape index (κ3) is 3.54. The maximum atomic E-state index is 12.3. The Kier molecular flexibility index (Phi) is 4.94. The van der Waals surface area contributed by atoms with Gasteiger partial charge in [0.25, 0.3) is 0 Å². The number of benzene rings is 1. The van der Waals surface area contributed by atoms with Gasteiger partial charge in [-0.1, -0.05) is 41.7 Å². The maximum absolute atomic E-state index is 12.3. The normalized spacial score (nSPS) is 15.2. The van der Waals surface area contributed by atoms with E-state index in [2.05, 4.69) is 4.99 Å². The predicted molar refractivity (Wildman–Crippen MR) is 92.8 cm³/mol. The van der Waals surface area contributed by atoms with Crippen LogP contribution in [0, 0.1) is 11.3 Å². The molecule has 7 heteroatoms. The molecule has 3 rings (SSSR count). The molecule has 1 aliphatic heterocycles. The minimum absolute atomic E-state index is 0.171. The first-order valence-corrected chi connectivity index (χ1v) is 9.07. The molecule has 0 unspecified atom stereocenters. The molecular weight excluding hydrogens is 332 g/mol. The Morgan fingerprint density at radius 1 is 1.57 bits per heavy atom. The number of carbonyl (C=O) groups is 1. The molecule has 23 heavy (non-hydrogen) atoms. The Hall–Kier alpha value is -1.91. The zero-order valence-corrected chi connectivity index (χ0v) is 14.1. The van der Waals surface area contributed by atoms with Crippen LogP contribution in [0.4, 0.5) is 0 Å². The second kappa shape index (κ2) is 7.11. The molecule has 0 amide bonds. The van der Waals surface area contributed by atoms with Gasteiger partial charge < -0.3 is 9.15 Å². The van der Waals surface area contributed by atoms with Gasteiger partial charge >= 0.3 is 5.97 Å². The van der Waals surface area contributed by atoms with Gasteiger partial charge in [0.05, 0.1) is 6.54 Å². The summed E-state index contributed by atoms with van der Waals surface area (Å²) in [7, 11) is 0. The first kappa shape index (κ1) is 16.0. The number of ether oxygens (including phenoxy) is 1. The molecule has 2 heterocycles. The monoisotopic (exact) mass is 346 g/mol. The van der Waals surface area contributed by atoms with Crippen molar-refractivity contribution in [3.63, 3.8) is 0 Å². The smallest absolute Gasteiger partial charge is 0.375 e. The highest BCUT2D eigenvalue weighted by Crippen LogP contribution is 2.33. The molecule has 118 valence electrons. The lowest BCUT2D eigenvalue weighted by Gasteiger charge is -2.06. The van der Waals surface area contributed by atoms with Crippen molar-refractivity contribution in [2.45, 2.75) is 18.8 Å². The van der Waals surface area contributed by atoms with Gasteiger partial charge in [-0.2, -0.15) is 5.26 Å². The van der Waals surface area contributed by atoms with E-state index in [0.717, 1.165) is 27.6 Å². The van der Waals surface area contributed by atoms with Crippen LogP contribution in [0.3, 0.4) is 0 Å². The molecule has 0 aliphatic carbocycles. The molecule has 1 aromatic heterocycles. The van der Waals surface area contributed by atoms with Gasteiger partial charge in [-0.15, -0.1) is 0 Å². The van der Waals surface area contributed by atoms with Crippen LogP contribution in [-0.4, -0.2) is 28.7 Å². The van der Waals surface area contributed by atoms with Crippen molar-refractivity contribution in [3.05, 3.63) is 35.6 Å². The molecule has 0 N–H and O–H groups in total. The predicted octanol–water partition coefficient (Wildman–Crippen LogP) is 3.84. The SMILES string of the molecule is C[C@@H](C#N)OC(=O)c1oc2ccccc2c1CSC1=NCCS1. The van der Waals surface area contributed by atoms with E-state index < -0.39 is 12.1 Å². The first-order chi connectivity index (χ1) is 11.2. The quantitative estimate of drug-likeness (QED) is 0.783. The number of rotatable bonds is 4. The number of nitriles is 1. The van der Waals surface area contributed by atoms with Gasteiger partial charge in [-0.3, -0.25) is 4.99 Å². The van der Waals surface area contributed by atoms with E-state index in [1.54, 1.807) is 23.5 Å². The summed E-state index contributed by atoms with van der Waals surface area (Å²) in [5.41, 5.74) is 1.43. The highest BCUT2D eigenvalue weighted by Gasteiger charge is 2.24. The van der Waals surface area contributed by atoms with Crippen molar-refractivity contribution in [2.75, 3.05) is 12.3 Å². The molecule has 0 saturated carbocycles. The summed E-state index contributed by atoms with van der Waals surface area (Å²) < 4.78 is 11.8. The third-order valence-corrected chi connectivity index (χ3v) is 5.53. The average molecular weight is 346 g/mol. The lowest BCUT2D eigenvalue weighted by Crippen LogP contribution is -2.13. The van der Waals surface area contributed by atoms with E-state index in [1.807, 2.05) is 30.3 Å².